The van der Waals surface area contributed by atoms with Crippen molar-refractivity contribution in [2.75, 3.05) is 13.2 Å². The molecule has 0 atom stereocenters. The highest BCUT2D eigenvalue weighted by Gasteiger charge is 2.36. The van der Waals surface area contributed by atoms with E-state index in [1.807, 2.05) is 0 Å². The van der Waals surface area contributed by atoms with Crippen LogP contribution >= 0.6 is 0 Å². The van der Waals surface area contributed by atoms with Crippen molar-refractivity contribution in [2.24, 2.45) is 0 Å². The van der Waals surface area contributed by atoms with Gasteiger partial charge in [-0.15, -0.1) is 0 Å². The van der Waals surface area contributed by atoms with E-state index in [0.717, 1.165) is 21.4 Å². The molecule has 2 aromatic rings. The number of aliphatic hydroxyl groups excluding tert-OH is 1. The molecular formula is C15H22F3N3O3Si. The summed E-state index contributed by atoms with van der Waals surface area (Å²) in [6, 6.07) is 1.71. The summed E-state index contributed by atoms with van der Waals surface area (Å²) >= 11 is 0. The van der Waals surface area contributed by atoms with Crippen LogP contribution in [0.1, 0.15) is 5.69 Å². The van der Waals surface area contributed by atoms with Crippen LogP contribution in [0.5, 0.6) is 0 Å². The number of hydrogen-bond acceptors (Lipinski definition) is 4. The fourth-order valence-corrected chi connectivity index (χ4v) is 3.14. The molecular weight excluding hydrogens is 355 g/mol. The van der Waals surface area contributed by atoms with Crippen molar-refractivity contribution in [3.8, 4) is 0 Å². The maximum Gasteiger partial charge on any atom is 0.431 e. The molecule has 0 aromatic carbocycles. The summed E-state index contributed by atoms with van der Waals surface area (Å²) in [5, 5.41) is 12.8. The van der Waals surface area contributed by atoms with Gasteiger partial charge in [0.15, 0.2) is 0 Å². The summed E-state index contributed by atoms with van der Waals surface area (Å²) in [5.41, 5.74) is -1.58. The fourth-order valence-electron chi connectivity index (χ4n) is 2.39. The standard InChI is InChI=1S/C15H22F3N3O3Si/c1-25(2,3)7-6-24-10-21-14(23)11-8-13(15(16,17)18)20(4-5-22)12(11)9-19-21/h8-9,22H,4-7,10H2,1-3H3. The van der Waals surface area contributed by atoms with Gasteiger partial charge >= 0.3 is 6.18 Å². The van der Waals surface area contributed by atoms with E-state index in [1.165, 1.54) is 6.20 Å². The number of ether oxygens (including phenoxy) is 1. The van der Waals surface area contributed by atoms with E-state index >= 15 is 0 Å². The van der Waals surface area contributed by atoms with Crippen LogP contribution in [-0.4, -0.2) is 40.7 Å². The third kappa shape index (κ3) is 4.70. The molecule has 140 valence electrons. The lowest BCUT2D eigenvalue weighted by Gasteiger charge is -2.15. The molecule has 0 saturated carbocycles. The molecule has 0 aliphatic heterocycles. The van der Waals surface area contributed by atoms with E-state index in [2.05, 4.69) is 24.7 Å². The average molecular weight is 377 g/mol. The zero-order valence-corrected chi connectivity index (χ0v) is 15.4. The number of rotatable bonds is 7. The maximum absolute atomic E-state index is 13.1. The second-order valence-corrected chi connectivity index (χ2v) is 12.6. The van der Waals surface area contributed by atoms with Crippen LogP contribution in [0.4, 0.5) is 13.2 Å². The zero-order chi connectivity index (χ0) is 18.8. The number of nitrogens with zero attached hydrogens (tertiary/aromatic N) is 3. The van der Waals surface area contributed by atoms with Crippen molar-refractivity contribution in [3.05, 3.63) is 28.3 Å². The molecule has 6 nitrogen and oxygen atoms in total. The molecule has 0 aliphatic carbocycles. The summed E-state index contributed by atoms with van der Waals surface area (Å²) in [7, 11) is -1.27. The second-order valence-electron chi connectivity index (χ2n) is 7.00. The quantitative estimate of drug-likeness (QED) is 0.595. The summed E-state index contributed by atoms with van der Waals surface area (Å²) in [6.45, 7) is 6.19. The maximum atomic E-state index is 13.1. The van der Waals surface area contributed by atoms with Gasteiger partial charge in [-0.2, -0.15) is 18.3 Å². The van der Waals surface area contributed by atoms with Crippen molar-refractivity contribution in [1.82, 2.24) is 14.3 Å². The average Bonchev–Trinajstić information content (AvgIpc) is 2.85. The first kappa shape index (κ1) is 19.7. The minimum absolute atomic E-state index is 0.0460. The van der Waals surface area contributed by atoms with Gasteiger partial charge in [0, 0.05) is 21.2 Å². The van der Waals surface area contributed by atoms with Crippen molar-refractivity contribution < 1.29 is 23.0 Å². The Labute approximate surface area is 143 Å². The molecule has 2 heterocycles. The van der Waals surface area contributed by atoms with E-state index in [9.17, 15) is 18.0 Å². The van der Waals surface area contributed by atoms with E-state index < -0.39 is 32.1 Å². The molecule has 0 fully saturated rings. The largest absolute Gasteiger partial charge is 0.431 e. The Morgan fingerprint density at radius 2 is 2.00 bits per heavy atom. The highest BCUT2D eigenvalue weighted by Crippen LogP contribution is 2.32. The Kier molecular flexibility index (Phi) is 5.74. The minimum Gasteiger partial charge on any atom is -0.395 e. The topological polar surface area (TPSA) is 69.3 Å². The number of aromatic nitrogens is 3. The first-order valence-electron chi connectivity index (χ1n) is 7.90. The van der Waals surface area contributed by atoms with E-state index in [-0.39, 0.29) is 24.2 Å². The third-order valence-electron chi connectivity index (χ3n) is 3.75. The molecule has 0 unspecified atom stereocenters. The Balaban J connectivity index is 2.31. The van der Waals surface area contributed by atoms with Crippen LogP contribution in [0.15, 0.2) is 17.1 Å². The van der Waals surface area contributed by atoms with Gasteiger partial charge in [-0.1, -0.05) is 19.6 Å². The molecule has 2 aromatic heterocycles. The Hall–Kier alpha value is -1.65. The Bertz CT molecular complexity index is 793. The van der Waals surface area contributed by atoms with Gasteiger partial charge in [0.2, 0.25) is 0 Å². The van der Waals surface area contributed by atoms with E-state index in [1.54, 1.807) is 0 Å². The van der Waals surface area contributed by atoms with Gasteiger partial charge in [-0.25, -0.2) is 4.68 Å². The predicted molar refractivity (Wildman–Crippen MR) is 90.2 cm³/mol. The van der Waals surface area contributed by atoms with Crippen LogP contribution < -0.4 is 5.56 Å². The number of fused-ring (bicyclic) bond motifs is 1. The lowest BCUT2D eigenvalue weighted by atomic mass is 10.3. The highest BCUT2D eigenvalue weighted by molar-refractivity contribution is 6.76. The molecule has 10 heteroatoms. The molecule has 25 heavy (non-hydrogen) atoms. The molecule has 0 bridgehead atoms. The van der Waals surface area contributed by atoms with Crippen LogP contribution in [0.2, 0.25) is 25.7 Å². The van der Waals surface area contributed by atoms with Crippen molar-refractivity contribution in [1.29, 1.82) is 0 Å². The first-order chi connectivity index (χ1) is 11.5. The number of halogens is 3. The number of aliphatic hydroxyl groups is 1. The van der Waals surface area contributed by atoms with Crippen LogP contribution in [0.3, 0.4) is 0 Å². The molecule has 0 spiro atoms. The van der Waals surface area contributed by atoms with Gasteiger partial charge in [0.1, 0.15) is 12.4 Å². The summed E-state index contributed by atoms with van der Waals surface area (Å²) in [4.78, 5) is 12.4. The number of hydrogen-bond donors (Lipinski definition) is 1. The molecule has 2 rings (SSSR count). The highest BCUT2D eigenvalue weighted by atomic mass is 28.3. The Morgan fingerprint density at radius 1 is 1.32 bits per heavy atom. The number of alkyl halides is 3. The van der Waals surface area contributed by atoms with Gasteiger partial charge in [0.25, 0.3) is 5.56 Å². The minimum atomic E-state index is -4.63. The fraction of sp³-hybridized carbons (Fsp3) is 0.600. The Morgan fingerprint density at radius 3 is 2.56 bits per heavy atom. The van der Waals surface area contributed by atoms with Crippen molar-refractivity contribution in [3.63, 3.8) is 0 Å². The van der Waals surface area contributed by atoms with Crippen molar-refractivity contribution in [2.45, 2.75) is 45.1 Å². The van der Waals surface area contributed by atoms with Gasteiger partial charge in [0.05, 0.1) is 23.7 Å². The monoisotopic (exact) mass is 377 g/mol. The third-order valence-corrected chi connectivity index (χ3v) is 5.45. The molecule has 0 radical (unpaired) electrons. The smallest absolute Gasteiger partial charge is 0.395 e. The predicted octanol–water partition coefficient (Wildman–Crippen LogP) is 2.52. The normalized spacial score (nSPS) is 12.9. The lowest BCUT2D eigenvalue weighted by Crippen LogP contribution is -2.26. The molecule has 0 amide bonds. The first-order valence-corrected chi connectivity index (χ1v) is 11.6. The van der Waals surface area contributed by atoms with E-state index in [0.29, 0.717) is 6.61 Å². The van der Waals surface area contributed by atoms with Gasteiger partial charge in [-0.3, -0.25) is 4.79 Å². The zero-order valence-electron chi connectivity index (χ0n) is 14.4. The van der Waals surface area contributed by atoms with E-state index in [4.69, 9.17) is 9.84 Å². The molecule has 0 saturated heterocycles. The van der Waals surface area contributed by atoms with Crippen LogP contribution in [-0.2, 0) is 24.2 Å². The van der Waals surface area contributed by atoms with Gasteiger partial charge < -0.3 is 14.4 Å². The summed E-state index contributed by atoms with van der Waals surface area (Å²) in [5.74, 6) is 0. The SMILES string of the molecule is C[Si](C)(C)CCOCn1ncc2c(cc(C(F)(F)F)n2CCO)c1=O. The van der Waals surface area contributed by atoms with Crippen LogP contribution in [0.25, 0.3) is 10.9 Å². The summed E-state index contributed by atoms with van der Waals surface area (Å²) < 4.78 is 46.8. The van der Waals surface area contributed by atoms with Gasteiger partial charge in [-0.05, 0) is 12.1 Å². The molecule has 1 N–H and O–H groups in total. The van der Waals surface area contributed by atoms with Crippen molar-refractivity contribution >= 4 is 19.0 Å². The molecule has 0 aliphatic rings. The lowest BCUT2D eigenvalue weighted by molar-refractivity contribution is -0.143. The van der Waals surface area contributed by atoms with Crippen LogP contribution in [0, 0.1) is 0 Å². The summed E-state index contributed by atoms with van der Waals surface area (Å²) in [6.07, 6.45) is -3.43. The second kappa shape index (κ2) is 7.30.